The van der Waals surface area contributed by atoms with Crippen molar-refractivity contribution >= 4 is 40.1 Å². The lowest BCUT2D eigenvalue weighted by atomic mass is 10.1. The number of hydrogen-bond donors (Lipinski definition) is 2. The summed E-state index contributed by atoms with van der Waals surface area (Å²) in [5.41, 5.74) is 1.83. The number of carbonyl (C=O) groups excluding carboxylic acids is 1. The summed E-state index contributed by atoms with van der Waals surface area (Å²) < 4.78 is 10.9. The van der Waals surface area contributed by atoms with Crippen LogP contribution in [0.25, 0.3) is 10.8 Å². The summed E-state index contributed by atoms with van der Waals surface area (Å²) in [5.74, 6) is 0.578. The van der Waals surface area contributed by atoms with Gasteiger partial charge in [0.15, 0.2) is 11.5 Å². The molecule has 0 saturated carbocycles. The first-order chi connectivity index (χ1) is 13.5. The van der Waals surface area contributed by atoms with Gasteiger partial charge < -0.3 is 19.9 Å². The van der Waals surface area contributed by atoms with Crippen molar-refractivity contribution in [3.05, 3.63) is 59.7 Å². The highest BCUT2D eigenvalue weighted by molar-refractivity contribution is 8.00. The first-order valence-corrected chi connectivity index (χ1v) is 9.58. The number of anilines is 1. The minimum atomic E-state index is -0.997. The minimum Gasteiger partial charge on any atom is -0.478 e. The zero-order valence-electron chi connectivity index (χ0n) is 15.0. The highest BCUT2D eigenvalue weighted by atomic mass is 32.2. The molecule has 0 aliphatic carbocycles. The number of aromatic carboxylic acids is 1. The highest BCUT2D eigenvalue weighted by Gasteiger charge is 2.15. The van der Waals surface area contributed by atoms with E-state index in [4.69, 9.17) is 14.6 Å². The van der Waals surface area contributed by atoms with Crippen LogP contribution in [0.1, 0.15) is 15.9 Å². The Balaban J connectivity index is 1.44. The van der Waals surface area contributed by atoms with Crippen LogP contribution >= 0.6 is 11.8 Å². The lowest BCUT2D eigenvalue weighted by Crippen LogP contribution is -2.14. The third kappa shape index (κ3) is 3.75. The lowest BCUT2D eigenvalue weighted by molar-refractivity contribution is -0.113. The van der Waals surface area contributed by atoms with Crippen LogP contribution in [-0.2, 0) is 4.79 Å². The second-order valence-corrected chi connectivity index (χ2v) is 7.41. The van der Waals surface area contributed by atoms with Crippen LogP contribution in [0.4, 0.5) is 5.69 Å². The fourth-order valence-electron chi connectivity index (χ4n) is 2.97. The monoisotopic (exact) mass is 395 g/mol. The van der Waals surface area contributed by atoms with Crippen molar-refractivity contribution in [2.75, 3.05) is 17.9 Å². The van der Waals surface area contributed by atoms with E-state index in [-0.39, 0.29) is 24.0 Å². The van der Waals surface area contributed by atoms with Gasteiger partial charge in [0.05, 0.1) is 11.3 Å². The van der Waals surface area contributed by atoms with E-state index in [1.54, 1.807) is 12.1 Å². The largest absolute Gasteiger partial charge is 0.478 e. The fourth-order valence-corrected chi connectivity index (χ4v) is 3.83. The van der Waals surface area contributed by atoms with Crippen molar-refractivity contribution in [1.29, 1.82) is 0 Å². The van der Waals surface area contributed by atoms with Crippen molar-refractivity contribution in [3.8, 4) is 11.5 Å². The third-order valence-electron chi connectivity index (χ3n) is 4.40. The lowest BCUT2D eigenvalue weighted by Gasteiger charge is -2.10. The van der Waals surface area contributed by atoms with Gasteiger partial charge in [-0.1, -0.05) is 6.07 Å². The Labute approximate surface area is 165 Å². The molecule has 0 aromatic heterocycles. The van der Waals surface area contributed by atoms with Crippen LogP contribution < -0.4 is 14.8 Å². The van der Waals surface area contributed by atoms with Crippen LogP contribution in [0, 0.1) is 6.92 Å². The average molecular weight is 395 g/mol. The van der Waals surface area contributed by atoms with Gasteiger partial charge in [0.25, 0.3) is 0 Å². The van der Waals surface area contributed by atoms with E-state index in [1.165, 1.54) is 23.9 Å². The number of fused-ring (bicyclic) bond motifs is 2. The number of rotatable bonds is 5. The SMILES string of the molecule is Cc1cc2cc3c(cc2cc1SCC(=O)Nc1ccc(C(=O)O)cc1)OCO3. The van der Waals surface area contributed by atoms with Gasteiger partial charge in [-0.3, -0.25) is 4.79 Å². The number of nitrogens with one attached hydrogen (secondary N) is 1. The quantitative estimate of drug-likeness (QED) is 0.627. The maximum absolute atomic E-state index is 12.2. The standard InChI is InChI=1S/C21H17NO5S/c1-12-6-14-7-17-18(27-11-26-17)8-15(14)9-19(12)28-10-20(23)22-16-4-2-13(3-5-16)21(24)25/h2-9H,10-11H2,1H3,(H,22,23)(H,24,25). The molecule has 6 nitrogen and oxygen atoms in total. The molecule has 0 unspecified atom stereocenters. The van der Waals surface area contributed by atoms with Gasteiger partial charge in [0, 0.05) is 10.6 Å². The molecule has 4 rings (SSSR count). The van der Waals surface area contributed by atoms with E-state index in [9.17, 15) is 9.59 Å². The Kier molecular flexibility index (Phi) is 4.83. The van der Waals surface area contributed by atoms with Gasteiger partial charge in [-0.25, -0.2) is 4.79 Å². The third-order valence-corrected chi connectivity index (χ3v) is 5.56. The fraction of sp³-hybridized carbons (Fsp3) is 0.143. The van der Waals surface area contributed by atoms with Crippen molar-refractivity contribution in [2.24, 2.45) is 0 Å². The van der Waals surface area contributed by atoms with E-state index in [0.717, 1.165) is 32.7 Å². The number of carboxylic acids is 1. The number of carbonyl (C=O) groups is 2. The van der Waals surface area contributed by atoms with E-state index in [2.05, 4.69) is 11.4 Å². The normalized spacial score (nSPS) is 12.2. The van der Waals surface area contributed by atoms with Crippen molar-refractivity contribution in [3.63, 3.8) is 0 Å². The molecule has 7 heteroatoms. The van der Waals surface area contributed by atoms with Crippen molar-refractivity contribution in [1.82, 2.24) is 0 Å². The van der Waals surface area contributed by atoms with Gasteiger partial charge in [0.1, 0.15) is 0 Å². The van der Waals surface area contributed by atoms with Crippen LogP contribution in [0.5, 0.6) is 11.5 Å². The highest BCUT2D eigenvalue weighted by Crippen LogP contribution is 2.38. The summed E-state index contributed by atoms with van der Waals surface area (Å²) in [4.78, 5) is 24.1. The molecule has 1 aliphatic heterocycles. The summed E-state index contributed by atoms with van der Waals surface area (Å²) >= 11 is 1.45. The molecule has 0 saturated heterocycles. The zero-order valence-corrected chi connectivity index (χ0v) is 15.8. The van der Waals surface area contributed by atoms with Gasteiger partial charge in [-0.05, 0) is 65.7 Å². The van der Waals surface area contributed by atoms with Crippen LogP contribution in [-0.4, -0.2) is 29.5 Å². The molecule has 0 atom stereocenters. The molecule has 3 aromatic rings. The van der Waals surface area contributed by atoms with Gasteiger partial charge in [-0.15, -0.1) is 11.8 Å². The molecule has 1 amide bonds. The summed E-state index contributed by atoms with van der Waals surface area (Å²) in [6.07, 6.45) is 0. The predicted octanol–water partition coefficient (Wildman–Crippen LogP) is 4.31. The first kappa shape index (κ1) is 18.2. The maximum atomic E-state index is 12.2. The van der Waals surface area contributed by atoms with Gasteiger partial charge >= 0.3 is 5.97 Å². The Morgan fingerprint density at radius 3 is 2.32 bits per heavy atom. The Morgan fingerprint density at radius 1 is 1.04 bits per heavy atom. The molecule has 3 aromatic carbocycles. The number of amides is 1. The smallest absolute Gasteiger partial charge is 0.335 e. The molecule has 0 spiro atoms. The summed E-state index contributed by atoms with van der Waals surface area (Å²) in [6.45, 7) is 2.24. The Bertz CT molecular complexity index is 1080. The first-order valence-electron chi connectivity index (χ1n) is 8.59. The maximum Gasteiger partial charge on any atom is 0.335 e. The molecule has 1 aliphatic rings. The number of ether oxygens (including phenoxy) is 2. The molecule has 0 bridgehead atoms. The van der Waals surface area contributed by atoms with Crippen LogP contribution in [0.3, 0.4) is 0 Å². The van der Waals surface area contributed by atoms with Gasteiger partial charge in [0.2, 0.25) is 12.7 Å². The number of benzene rings is 3. The van der Waals surface area contributed by atoms with Crippen molar-refractivity contribution in [2.45, 2.75) is 11.8 Å². The summed E-state index contributed by atoms with van der Waals surface area (Å²) in [6, 6.07) is 14.1. The number of hydrogen-bond acceptors (Lipinski definition) is 5. The molecular formula is C21H17NO5S. The molecular weight excluding hydrogens is 378 g/mol. The summed E-state index contributed by atoms with van der Waals surface area (Å²) in [7, 11) is 0. The van der Waals surface area contributed by atoms with E-state index in [0.29, 0.717) is 5.69 Å². The predicted molar refractivity (Wildman–Crippen MR) is 108 cm³/mol. The van der Waals surface area contributed by atoms with E-state index in [1.807, 2.05) is 25.1 Å². The summed E-state index contributed by atoms with van der Waals surface area (Å²) in [5, 5.41) is 13.8. The second kappa shape index (κ2) is 7.44. The van der Waals surface area contributed by atoms with E-state index < -0.39 is 5.97 Å². The van der Waals surface area contributed by atoms with Crippen LogP contribution in [0.2, 0.25) is 0 Å². The molecule has 0 radical (unpaired) electrons. The molecule has 28 heavy (non-hydrogen) atoms. The Hall–Kier alpha value is -3.19. The second-order valence-electron chi connectivity index (χ2n) is 6.39. The number of aryl methyl sites for hydroxylation is 1. The van der Waals surface area contributed by atoms with Gasteiger partial charge in [-0.2, -0.15) is 0 Å². The topological polar surface area (TPSA) is 84.9 Å². The number of thioether (sulfide) groups is 1. The Morgan fingerprint density at radius 2 is 1.68 bits per heavy atom. The number of carboxylic acid groups (broad SMARTS) is 1. The van der Waals surface area contributed by atoms with Crippen molar-refractivity contribution < 1.29 is 24.2 Å². The van der Waals surface area contributed by atoms with E-state index >= 15 is 0 Å². The van der Waals surface area contributed by atoms with Crippen LogP contribution in [0.15, 0.2) is 53.4 Å². The zero-order chi connectivity index (χ0) is 19.7. The molecule has 142 valence electrons. The molecule has 1 heterocycles. The minimum absolute atomic E-state index is 0.154. The molecule has 0 fully saturated rings. The average Bonchev–Trinajstić information content (AvgIpc) is 3.12. The molecule has 2 N–H and O–H groups in total.